The van der Waals surface area contributed by atoms with Gasteiger partial charge in [-0.2, -0.15) is 8.78 Å². The molecule has 8 nitrogen and oxygen atoms in total. The van der Waals surface area contributed by atoms with E-state index < -0.39 is 18.1 Å². The Kier molecular flexibility index (Phi) is 5.33. The maximum absolute atomic E-state index is 13.9. The lowest BCUT2D eigenvalue weighted by molar-refractivity contribution is -0.127. The van der Waals surface area contributed by atoms with Gasteiger partial charge in [0.2, 0.25) is 11.8 Å². The number of amides is 1. The molecule has 11 heteroatoms. The van der Waals surface area contributed by atoms with Crippen LogP contribution in [0, 0.1) is 11.7 Å². The molecule has 0 N–H and O–H groups in total. The average Bonchev–Trinajstić information content (AvgIpc) is 3.41. The molecule has 5 rings (SSSR count). The summed E-state index contributed by atoms with van der Waals surface area (Å²) in [6.45, 7) is 1.43. The second-order valence-corrected chi connectivity index (χ2v) is 7.98. The summed E-state index contributed by atoms with van der Waals surface area (Å²) >= 11 is 0. The van der Waals surface area contributed by atoms with Crippen molar-refractivity contribution in [3.63, 3.8) is 0 Å². The quantitative estimate of drug-likeness (QED) is 0.442. The number of pyridine rings is 1. The lowest BCUT2D eigenvalue weighted by Gasteiger charge is -2.38. The van der Waals surface area contributed by atoms with Crippen LogP contribution in [0.2, 0.25) is 0 Å². The van der Waals surface area contributed by atoms with Crippen molar-refractivity contribution in [1.82, 2.24) is 24.5 Å². The van der Waals surface area contributed by atoms with Crippen LogP contribution in [0.1, 0.15) is 18.0 Å². The third-order valence-electron chi connectivity index (χ3n) is 5.50. The van der Waals surface area contributed by atoms with Crippen molar-refractivity contribution in [3.05, 3.63) is 66.2 Å². The summed E-state index contributed by atoms with van der Waals surface area (Å²) in [4.78, 5) is 21.3. The van der Waals surface area contributed by atoms with Gasteiger partial charge in [0, 0.05) is 36.7 Å². The molecule has 33 heavy (non-hydrogen) atoms. The second kappa shape index (κ2) is 8.32. The van der Waals surface area contributed by atoms with E-state index in [1.54, 1.807) is 41.1 Å². The van der Waals surface area contributed by atoms with Crippen LogP contribution in [-0.2, 0) is 11.3 Å². The molecule has 170 valence electrons. The highest BCUT2D eigenvalue weighted by atomic mass is 19.3. The predicted octanol–water partition coefficient (Wildman–Crippen LogP) is 3.56. The Balaban J connectivity index is 1.44. The summed E-state index contributed by atoms with van der Waals surface area (Å²) < 4.78 is 46.1. The Morgan fingerprint density at radius 1 is 1.24 bits per heavy atom. The van der Waals surface area contributed by atoms with Crippen molar-refractivity contribution < 1.29 is 22.4 Å². The standard InChI is InChI=1S/C22H19F3N6O2/c1-29-9-14(10-29)22(32)31(17-4-2-3-15(23)8-17)12-16-11-30-6-5-13(7-18(30)26-16)20-27-28-21(33-20)19(24)25/h2-8,11,14,19H,9-10,12H2,1H3. The maximum Gasteiger partial charge on any atom is 0.314 e. The number of likely N-dealkylation sites (tertiary alicyclic amines) is 1. The molecule has 1 saturated heterocycles. The van der Waals surface area contributed by atoms with E-state index >= 15 is 0 Å². The van der Waals surface area contributed by atoms with E-state index in [1.807, 2.05) is 11.9 Å². The molecule has 0 bridgehead atoms. The van der Waals surface area contributed by atoms with Crippen LogP contribution in [0.5, 0.6) is 0 Å². The van der Waals surface area contributed by atoms with E-state index in [4.69, 9.17) is 4.42 Å². The summed E-state index contributed by atoms with van der Waals surface area (Å²) in [6.07, 6.45) is 0.585. The van der Waals surface area contributed by atoms with E-state index in [0.29, 0.717) is 35.7 Å². The van der Waals surface area contributed by atoms with Gasteiger partial charge in [-0.1, -0.05) is 6.07 Å². The number of nitrogens with zero attached hydrogens (tertiary/aromatic N) is 6. The number of halogens is 3. The molecule has 0 saturated carbocycles. The number of alkyl halides is 2. The summed E-state index contributed by atoms with van der Waals surface area (Å²) in [5.41, 5.74) is 1.98. The smallest absolute Gasteiger partial charge is 0.314 e. The van der Waals surface area contributed by atoms with Gasteiger partial charge >= 0.3 is 6.43 Å². The van der Waals surface area contributed by atoms with Crippen LogP contribution < -0.4 is 4.90 Å². The number of carbonyl (C=O) groups excluding carboxylic acids is 1. The van der Waals surface area contributed by atoms with Crippen LogP contribution >= 0.6 is 0 Å². The molecule has 1 fully saturated rings. The normalized spacial score (nSPS) is 14.7. The first-order chi connectivity index (χ1) is 15.9. The number of fused-ring (bicyclic) bond motifs is 1. The van der Waals surface area contributed by atoms with Gasteiger partial charge in [0.05, 0.1) is 18.2 Å². The summed E-state index contributed by atoms with van der Waals surface area (Å²) in [5.74, 6) is -1.48. The molecule has 0 radical (unpaired) electrons. The van der Waals surface area contributed by atoms with E-state index in [2.05, 4.69) is 15.2 Å². The fourth-order valence-electron chi connectivity index (χ4n) is 3.86. The van der Waals surface area contributed by atoms with Gasteiger partial charge in [-0.05, 0) is 37.4 Å². The fraction of sp³-hybridized carbons (Fsp3) is 0.273. The summed E-state index contributed by atoms with van der Waals surface area (Å²) in [7, 11) is 1.93. The Morgan fingerprint density at radius 2 is 2.06 bits per heavy atom. The largest absolute Gasteiger partial charge is 0.415 e. The average molecular weight is 456 g/mol. The highest BCUT2D eigenvalue weighted by Gasteiger charge is 2.34. The third-order valence-corrected chi connectivity index (χ3v) is 5.50. The first-order valence-corrected chi connectivity index (χ1v) is 10.2. The van der Waals surface area contributed by atoms with Crippen LogP contribution in [-0.4, -0.2) is 50.5 Å². The molecule has 1 amide bonds. The molecule has 1 aliphatic heterocycles. The molecule has 1 aromatic carbocycles. The van der Waals surface area contributed by atoms with Crippen LogP contribution in [0.4, 0.5) is 18.9 Å². The minimum atomic E-state index is -2.85. The highest BCUT2D eigenvalue weighted by molar-refractivity contribution is 5.95. The number of benzene rings is 1. The maximum atomic E-state index is 13.9. The zero-order valence-electron chi connectivity index (χ0n) is 17.5. The van der Waals surface area contributed by atoms with Crippen LogP contribution in [0.25, 0.3) is 17.1 Å². The minimum Gasteiger partial charge on any atom is -0.415 e. The third kappa shape index (κ3) is 4.19. The molecular formula is C22H19F3N6O2. The number of anilines is 1. The van der Waals surface area contributed by atoms with Crippen molar-refractivity contribution in [1.29, 1.82) is 0 Å². The number of rotatable bonds is 6. The number of aromatic nitrogens is 4. The molecule has 0 aliphatic carbocycles. The molecule has 4 heterocycles. The van der Waals surface area contributed by atoms with Gasteiger partial charge in [-0.15, -0.1) is 10.2 Å². The molecule has 0 atom stereocenters. The van der Waals surface area contributed by atoms with E-state index in [9.17, 15) is 18.0 Å². The molecule has 0 unspecified atom stereocenters. The van der Waals surface area contributed by atoms with Gasteiger partial charge in [-0.3, -0.25) is 4.79 Å². The van der Waals surface area contributed by atoms with Crippen molar-refractivity contribution in [3.8, 4) is 11.5 Å². The van der Waals surface area contributed by atoms with Crippen molar-refractivity contribution in [2.24, 2.45) is 5.92 Å². The van der Waals surface area contributed by atoms with Gasteiger partial charge in [0.15, 0.2) is 0 Å². The number of imidazole rings is 1. The SMILES string of the molecule is CN1CC(C(=O)N(Cc2cn3ccc(-c4nnc(C(F)F)o4)cc3n2)c2cccc(F)c2)C1. The number of hydrogen-bond donors (Lipinski definition) is 0. The topological polar surface area (TPSA) is 79.8 Å². The van der Waals surface area contributed by atoms with E-state index in [-0.39, 0.29) is 24.3 Å². The van der Waals surface area contributed by atoms with Gasteiger partial charge < -0.3 is 18.6 Å². The first kappa shape index (κ1) is 21.1. The van der Waals surface area contributed by atoms with Crippen molar-refractivity contribution >= 4 is 17.2 Å². The summed E-state index contributed by atoms with van der Waals surface area (Å²) in [5, 5.41) is 7.00. The molecule has 1 aliphatic rings. The van der Waals surface area contributed by atoms with E-state index in [1.165, 1.54) is 17.0 Å². The Labute approximate surface area is 186 Å². The Hall–Kier alpha value is -3.73. The lowest BCUT2D eigenvalue weighted by Crippen LogP contribution is -2.52. The lowest BCUT2D eigenvalue weighted by atomic mass is 9.99. The van der Waals surface area contributed by atoms with Gasteiger partial charge in [0.1, 0.15) is 11.5 Å². The monoisotopic (exact) mass is 456 g/mol. The second-order valence-electron chi connectivity index (χ2n) is 7.98. The first-order valence-electron chi connectivity index (χ1n) is 10.2. The van der Waals surface area contributed by atoms with E-state index in [0.717, 1.165) is 0 Å². The van der Waals surface area contributed by atoms with Crippen molar-refractivity contribution in [2.75, 3.05) is 25.0 Å². The molecule has 4 aromatic rings. The molecular weight excluding hydrogens is 437 g/mol. The Bertz CT molecular complexity index is 1310. The number of hydrogen-bond acceptors (Lipinski definition) is 6. The highest BCUT2D eigenvalue weighted by Crippen LogP contribution is 2.26. The fourth-order valence-corrected chi connectivity index (χ4v) is 3.86. The van der Waals surface area contributed by atoms with Crippen molar-refractivity contribution in [2.45, 2.75) is 13.0 Å². The number of carbonyl (C=O) groups is 1. The zero-order valence-corrected chi connectivity index (χ0v) is 17.5. The predicted molar refractivity (Wildman–Crippen MR) is 112 cm³/mol. The Morgan fingerprint density at radius 3 is 2.76 bits per heavy atom. The summed E-state index contributed by atoms with van der Waals surface area (Å²) in [6, 6.07) is 9.17. The van der Waals surface area contributed by atoms with Gasteiger partial charge in [0.25, 0.3) is 5.89 Å². The molecule has 3 aromatic heterocycles. The minimum absolute atomic E-state index is 0.0389. The zero-order chi connectivity index (χ0) is 23.1. The van der Waals surface area contributed by atoms with Crippen LogP contribution in [0.15, 0.2) is 53.2 Å². The van der Waals surface area contributed by atoms with Gasteiger partial charge in [-0.25, -0.2) is 9.37 Å². The molecule has 0 spiro atoms. The van der Waals surface area contributed by atoms with Crippen LogP contribution in [0.3, 0.4) is 0 Å².